The summed E-state index contributed by atoms with van der Waals surface area (Å²) in [5.74, 6) is 0.555. The number of rotatable bonds is 2. The molecule has 1 aromatic carbocycles. The molecule has 2 heterocycles. The first-order valence-electron chi connectivity index (χ1n) is 5.37. The fourth-order valence-electron chi connectivity index (χ4n) is 1.63. The van der Waals surface area contributed by atoms with E-state index in [1.54, 1.807) is 12.1 Å². The van der Waals surface area contributed by atoms with Gasteiger partial charge in [-0.2, -0.15) is 19.5 Å². The number of anilines is 1. The van der Waals surface area contributed by atoms with Crippen molar-refractivity contribution in [3.63, 3.8) is 0 Å². The molecular weight excluding hydrogens is 267 g/mol. The average Bonchev–Trinajstić information content (AvgIpc) is 2.83. The monoisotopic (exact) mass is 276 g/mol. The van der Waals surface area contributed by atoms with Crippen molar-refractivity contribution in [1.29, 1.82) is 0 Å². The largest absolute Gasteiger partial charge is 0.368 e. The number of nitrogens with zero attached hydrogens (tertiary/aromatic N) is 5. The molecule has 0 fully saturated rings. The lowest BCUT2D eigenvalue weighted by atomic mass is 10.2. The lowest BCUT2D eigenvalue weighted by Gasteiger charge is -1.97. The number of hydrogen-bond donors (Lipinski definition) is 1. The molecule has 0 atom stereocenters. The van der Waals surface area contributed by atoms with Crippen LogP contribution in [0.15, 0.2) is 29.4 Å². The molecule has 0 radical (unpaired) electrons. The van der Waals surface area contributed by atoms with E-state index in [1.807, 2.05) is 6.26 Å². The van der Waals surface area contributed by atoms with Crippen LogP contribution in [0.25, 0.3) is 17.2 Å². The second-order valence-corrected chi connectivity index (χ2v) is 4.50. The lowest BCUT2D eigenvalue weighted by Crippen LogP contribution is -2.04. The first-order valence-corrected chi connectivity index (χ1v) is 6.60. The number of nitrogens with two attached hydrogens (primary N) is 1. The van der Waals surface area contributed by atoms with E-state index >= 15 is 0 Å². The Morgan fingerprint density at radius 1 is 1.26 bits per heavy atom. The highest BCUT2D eigenvalue weighted by molar-refractivity contribution is 7.98. The van der Waals surface area contributed by atoms with E-state index in [0.717, 1.165) is 0 Å². The van der Waals surface area contributed by atoms with E-state index in [9.17, 15) is 4.39 Å². The van der Waals surface area contributed by atoms with Crippen molar-refractivity contribution in [2.75, 3.05) is 12.0 Å². The Bertz CT molecular complexity index is 756. The van der Waals surface area contributed by atoms with Crippen LogP contribution in [0.1, 0.15) is 0 Å². The minimum Gasteiger partial charge on any atom is -0.368 e. The summed E-state index contributed by atoms with van der Waals surface area (Å²) in [6, 6.07) is 6.03. The van der Waals surface area contributed by atoms with Gasteiger partial charge in [0.25, 0.3) is 5.78 Å². The smallest absolute Gasteiger partial charge is 0.258 e. The maximum absolute atomic E-state index is 13.2. The standard InChI is InChI=1S/C11H9FN6S/c1-19-11-15-9(13)18-10(16-11)14-8(17-18)6-3-2-4-7(12)5-6/h2-5H,1H3,(H2,13,14,15,16,17). The van der Waals surface area contributed by atoms with Gasteiger partial charge < -0.3 is 5.73 Å². The van der Waals surface area contributed by atoms with Crippen LogP contribution in [0, 0.1) is 5.82 Å². The highest BCUT2D eigenvalue weighted by Crippen LogP contribution is 2.19. The molecule has 8 heteroatoms. The molecular formula is C11H9FN6S. The Kier molecular flexibility index (Phi) is 2.79. The molecule has 0 spiro atoms. The number of thioether (sulfide) groups is 1. The number of benzene rings is 1. The first-order chi connectivity index (χ1) is 9.17. The quantitative estimate of drug-likeness (QED) is 0.716. The second-order valence-electron chi connectivity index (χ2n) is 3.73. The second kappa shape index (κ2) is 4.47. The van der Waals surface area contributed by atoms with Gasteiger partial charge in [0.1, 0.15) is 5.82 Å². The summed E-state index contributed by atoms with van der Waals surface area (Å²) < 4.78 is 14.5. The Morgan fingerprint density at radius 3 is 2.84 bits per heavy atom. The zero-order valence-electron chi connectivity index (χ0n) is 9.91. The molecule has 3 aromatic rings. The van der Waals surface area contributed by atoms with Crippen molar-refractivity contribution in [3.05, 3.63) is 30.1 Å². The van der Waals surface area contributed by atoms with Gasteiger partial charge in [0, 0.05) is 5.56 Å². The predicted molar refractivity (Wildman–Crippen MR) is 70.2 cm³/mol. The highest BCUT2D eigenvalue weighted by Gasteiger charge is 2.12. The summed E-state index contributed by atoms with van der Waals surface area (Å²) in [6.45, 7) is 0. The Hall–Kier alpha value is -2.22. The molecule has 0 saturated carbocycles. The number of halogens is 1. The minimum atomic E-state index is -0.347. The average molecular weight is 276 g/mol. The molecule has 2 N–H and O–H groups in total. The van der Waals surface area contributed by atoms with Crippen molar-refractivity contribution < 1.29 is 4.39 Å². The summed E-state index contributed by atoms with van der Waals surface area (Å²) >= 11 is 1.36. The number of nitrogen functional groups attached to an aromatic ring is 1. The van der Waals surface area contributed by atoms with E-state index in [4.69, 9.17) is 5.73 Å². The predicted octanol–water partition coefficient (Wildman–Crippen LogP) is 1.63. The van der Waals surface area contributed by atoms with Crippen molar-refractivity contribution >= 4 is 23.5 Å². The van der Waals surface area contributed by atoms with Crippen LogP contribution in [-0.2, 0) is 0 Å². The molecule has 0 saturated heterocycles. The Morgan fingerprint density at radius 2 is 2.11 bits per heavy atom. The third-order valence-electron chi connectivity index (χ3n) is 2.48. The van der Waals surface area contributed by atoms with Gasteiger partial charge in [0.05, 0.1) is 0 Å². The molecule has 6 nitrogen and oxygen atoms in total. The molecule has 2 aromatic heterocycles. The van der Waals surface area contributed by atoms with Gasteiger partial charge in [0.15, 0.2) is 11.0 Å². The van der Waals surface area contributed by atoms with Crippen LogP contribution in [0.5, 0.6) is 0 Å². The van der Waals surface area contributed by atoms with Crippen LogP contribution in [0.2, 0.25) is 0 Å². The van der Waals surface area contributed by atoms with Gasteiger partial charge in [-0.25, -0.2) is 4.39 Å². The fourth-order valence-corrected chi connectivity index (χ4v) is 1.98. The van der Waals surface area contributed by atoms with E-state index in [0.29, 0.717) is 22.3 Å². The third-order valence-corrected chi connectivity index (χ3v) is 3.03. The van der Waals surface area contributed by atoms with E-state index in [2.05, 4.69) is 20.1 Å². The SMILES string of the molecule is CSc1nc(N)n2nc(-c3cccc(F)c3)nc2n1. The van der Waals surface area contributed by atoms with E-state index in [-0.39, 0.29) is 11.8 Å². The highest BCUT2D eigenvalue weighted by atomic mass is 32.2. The molecule has 96 valence electrons. The summed E-state index contributed by atoms with van der Waals surface area (Å²) in [4.78, 5) is 12.5. The normalized spacial score (nSPS) is 11.1. The van der Waals surface area contributed by atoms with Gasteiger partial charge in [-0.3, -0.25) is 0 Å². The zero-order valence-corrected chi connectivity index (χ0v) is 10.7. The van der Waals surface area contributed by atoms with Crippen molar-refractivity contribution in [1.82, 2.24) is 24.6 Å². The van der Waals surface area contributed by atoms with Gasteiger partial charge in [-0.1, -0.05) is 23.9 Å². The summed E-state index contributed by atoms with van der Waals surface area (Å²) in [6.07, 6.45) is 1.84. The molecule has 0 aliphatic carbocycles. The van der Waals surface area contributed by atoms with Crippen LogP contribution in [0.4, 0.5) is 10.3 Å². The lowest BCUT2D eigenvalue weighted by molar-refractivity contribution is 0.628. The summed E-state index contributed by atoms with van der Waals surface area (Å²) in [5.41, 5.74) is 6.34. The summed E-state index contributed by atoms with van der Waals surface area (Å²) in [5, 5.41) is 4.70. The van der Waals surface area contributed by atoms with E-state index in [1.165, 1.54) is 28.4 Å². The van der Waals surface area contributed by atoms with Crippen LogP contribution in [-0.4, -0.2) is 30.8 Å². The van der Waals surface area contributed by atoms with Crippen LogP contribution >= 0.6 is 11.8 Å². The molecule has 3 rings (SSSR count). The maximum atomic E-state index is 13.2. The van der Waals surface area contributed by atoms with E-state index < -0.39 is 0 Å². The number of aromatic nitrogens is 5. The molecule has 0 bridgehead atoms. The number of hydrogen-bond acceptors (Lipinski definition) is 6. The van der Waals surface area contributed by atoms with Crippen LogP contribution in [0.3, 0.4) is 0 Å². The Labute approximate surface area is 111 Å². The molecule has 0 aliphatic rings. The first kappa shape index (κ1) is 11.8. The zero-order chi connectivity index (χ0) is 13.4. The van der Waals surface area contributed by atoms with Crippen molar-refractivity contribution in [2.45, 2.75) is 5.16 Å². The fraction of sp³-hybridized carbons (Fsp3) is 0.0909. The molecule has 0 unspecified atom stereocenters. The van der Waals surface area contributed by atoms with Crippen molar-refractivity contribution in [2.24, 2.45) is 0 Å². The third kappa shape index (κ3) is 2.10. The van der Waals surface area contributed by atoms with Gasteiger partial charge in [0.2, 0.25) is 5.95 Å². The van der Waals surface area contributed by atoms with Crippen LogP contribution < -0.4 is 5.73 Å². The van der Waals surface area contributed by atoms with Crippen molar-refractivity contribution in [3.8, 4) is 11.4 Å². The van der Waals surface area contributed by atoms with Gasteiger partial charge in [-0.05, 0) is 18.4 Å². The Balaban J connectivity index is 2.19. The number of fused-ring (bicyclic) bond motifs is 1. The summed E-state index contributed by atoms with van der Waals surface area (Å²) in [7, 11) is 0. The topological polar surface area (TPSA) is 82.0 Å². The van der Waals surface area contributed by atoms with Gasteiger partial charge >= 0.3 is 0 Å². The van der Waals surface area contributed by atoms with Gasteiger partial charge in [-0.15, -0.1) is 5.10 Å². The molecule has 0 amide bonds. The maximum Gasteiger partial charge on any atom is 0.258 e. The molecule has 0 aliphatic heterocycles. The minimum absolute atomic E-state index is 0.199. The molecule has 19 heavy (non-hydrogen) atoms.